The van der Waals surface area contributed by atoms with Crippen LogP contribution in [0.5, 0.6) is 0 Å². The van der Waals surface area contributed by atoms with E-state index in [0.717, 1.165) is 86.7 Å². The molecule has 0 spiro atoms. The number of nitroso groups, excluding NO2 is 1. The van der Waals surface area contributed by atoms with E-state index in [1.807, 2.05) is 36.4 Å². The monoisotopic (exact) mass is 892 g/mol. The number of fused-ring (bicyclic) bond motifs is 2. The molecule has 0 bridgehead atoms. The Kier molecular flexibility index (Phi) is 12.0. The van der Waals surface area contributed by atoms with Crippen LogP contribution in [-0.4, -0.2) is 90.7 Å². The molecule has 3 aliphatic rings. The zero-order valence-electron chi connectivity index (χ0n) is 34.8. The van der Waals surface area contributed by atoms with Crippen molar-refractivity contribution in [1.82, 2.24) is 29.4 Å². The van der Waals surface area contributed by atoms with Crippen LogP contribution in [0.2, 0.25) is 5.02 Å². The molecule has 5 heterocycles. The van der Waals surface area contributed by atoms with Crippen molar-refractivity contribution >= 4 is 78.3 Å². The number of nitrogens with zero attached hydrogens (tertiary/aromatic N) is 6. The SMILES string of the molecule is CC1(C)CCC(CN2CCN(c3ccc(C(=O)NS(=O)(=O)c4ccc(SCC5CCOCC5)c(N=O)c4)c(-n4[nH]cc5nc6nccc6cc54)c3)CC2)=C(c2ccc(Cl)cc2)C1. The van der Waals surface area contributed by atoms with Crippen LogP contribution < -0.4 is 9.62 Å². The first-order valence-corrected chi connectivity index (χ1v) is 23.9. The number of rotatable bonds is 12. The minimum atomic E-state index is -4.41. The zero-order chi connectivity index (χ0) is 43.0. The van der Waals surface area contributed by atoms with Crippen molar-refractivity contribution in [2.45, 2.75) is 55.7 Å². The molecule has 2 saturated heterocycles. The highest BCUT2D eigenvalue weighted by molar-refractivity contribution is 7.99. The van der Waals surface area contributed by atoms with Crippen molar-refractivity contribution < 1.29 is 17.9 Å². The number of halogens is 1. The summed E-state index contributed by atoms with van der Waals surface area (Å²) in [4.78, 5) is 40.3. The van der Waals surface area contributed by atoms with E-state index >= 15 is 0 Å². The Morgan fingerprint density at radius 1 is 1.02 bits per heavy atom. The zero-order valence-corrected chi connectivity index (χ0v) is 37.2. The number of aromatic nitrogens is 4. The van der Waals surface area contributed by atoms with Crippen molar-refractivity contribution in [3.8, 4) is 5.69 Å². The number of nitrogens with one attached hydrogen (secondary N) is 2. The predicted octanol–water partition coefficient (Wildman–Crippen LogP) is 9.38. The van der Waals surface area contributed by atoms with Crippen LogP contribution in [0.1, 0.15) is 61.9 Å². The van der Waals surface area contributed by atoms with Gasteiger partial charge in [0.25, 0.3) is 15.9 Å². The van der Waals surface area contributed by atoms with Crippen LogP contribution in [-0.2, 0) is 14.8 Å². The molecule has 2 fully saturated rings. The average molecular weight is 894 g/mol. The molecule has 0 atom stereocenters. The minimum absolute atomic E-state index is 0.0122. The number of carbonyl (C=O) groups is 1. The molecule has 1 amide bonds. The van der Waals surface area contributed by atoms with Gasteiger partial charge in [-0.1, -0.05) is 43.2 Å². The molecule has 322 valence electrons. The lowest BCUT2D eigenvalue weighted by atomic mass is 9.72. The molecule has 16 heteroatoms. The molecule has 62 heavy (non-hydrogen) atoms. The first-order chi connectivity index (χ1) is 29.9. The third kappa shape index (κ3) is 9.04. The Hall–Kier alpha value is -5.06. The molecule has 3 aromatic carbocycles. The second kappa shape index (κ2) is 17.6. The van der Waals surface area contributed by atoms with Gasteiger partial charge in [0.1, 0.15) is 11.2 Å². The number of piperazine rings is 1. The number of carbonyl (C=O) groups excluding carboxylic acids is 1. The molecular formula is C46H49ClN8O5S2. The molecule has 2 N–H and O–H groups in total. The van der Waals surface area contributed by atoms with Crippen molar-refractivity contribution in [2.24, 2.45) is 16.5 Å². The van der Waals surface area contributed by atoms with Crippen molar-refractivity contribution in [2.75, 3.05) is 56.6 Å². The van der Waals surface area contributed by atoms with Gasteiger partial charge in [-0.05, 0) is 120 Å². The van der Waals surface area contributed by atoms with Gasteiger partial charge in [-0.2, -0.15) is 0 Å². The summed E-state index contributed by atoms with van der Waals surface area (Å²) in [5, 5.41) is 7.97. The number of anilines is 1. The quantitative estimate of drug-likeness (QED) is 0.0897. The molecule has 0 saturated carbocycles. The molecule has 2 aliphatic heterocycles. The number of hydrogen-bond donors (Lipinski definition) is 2. The smallest absolute Gasteiger partial charge is 0.267 e. The maximum atomic E-state index is 14.2. The minimum Gasteiger partial charge on any atom is -0.381 e. The van der Waals surface area contributed by atoms with Gasteiger partial charge in [0.15, 0.2) is 5.65 Å². The number of aromatic amines is 1. The maximum Gasteiger partial charge on any atom is 0.267 e. The van der Waals surface area contributed by atoms with E-state index in [-0.39, 0.29) is 21.6 Å². The molecule has 1 aliphatic carbocycles. The Labute approximate surface area is 370 Å². The van der Waals surface area contributed by atoms with Crippen LogP contribution >= 0.6 is 23.4 Å². The summed E-state index contributed by atoms with van der Waals surface area (Å²) in [5.74, 6) is 0.376. The second-order valence-electron chi connectivity index (χ2n) is 17.3. The Bertz CT molecular complexity index is 2790. The van der Waals surface area contributed by atoms with E-state index in [2.05, 4.69) is 55.8 Å². The number of benzene rings is 3. The van der Waals surface area contributed by atoms with E-state index in [4.69, 9.17) is 21.3 Å². The number of sulfonamides is 1. The van der Waals surface area contributed by atoms with Crippen molar-refractivity contribution in [1.29, 1.82) is 0 Å². The summed E-state index contributed by atoms with van der Waals surface area (Å²) in [6.45, 7) is 10.3. The third-order valence-corrected chi connectivity index (χ3v) is 15.3. The second-order valence-corrected chi connectivity index (χ2v) is 20.5. The summed E-state index contributed by atoms with van der Waals surface area (Å²) < 4.78 is 37.1. The molecule has 6 aromatic rings. The fraction of sp³-hybridized carbons (Fsp3) is 0.370. The molecule has 9 rings (SSSR count). The number of thioether (sulfide) groups is 1. The van der Waals surface area contributed by atoms with Crippen LogP contribution in [0.15, 0.2) is 106 Å². The summed E-state index contributed by atoms with van der Waals surface area (Å²) in [6.07, 6.45) is 8.54. The standard InChI is InChI=1S/C46H49ClN8O5S2/c1-46(2)15-11-33(38(26-46)31-3-5-34(47)6-4-31)28-53-17-19-54(20-18-53)35-7-9-37(41(24-35)55-42-23-32-12-16-48-44(32)50-40(42)27-49-55)45(56)52-62(58,59)36-8-10-43(39(25-36)51-57)61-29-30-13-21-60-22-14-30/h3-10,12,16,23-25,27,30,49H,11,13-15,17-22,26,28-29H2,1-2H3,(H,52,56). The fourth-order valence-electron chi connectivity index (χ4n) is 8.82. The molecule has 3 aromatic heterocycles. The lowest BCUT2D eigenvalue weighted by molar-refractivity contribution is 0.0728. The van der Waals surface area contributed by atoms with Gasteiger partial charge in [-0.25, -0.2) is 23.1 Å². The van der Waals surface area contributed by atoms with Crippen LogP contribution in [0.3, 0.4) is 0 Å². The van der Waals surface area contributed by atoms with Gasteiger partial charge in [0, 0.05) is 85.1 Å². The number of allylic oxidation sites excluding steroid dienone is 1. The lowest BCUT2D eigenvalue weighted by Gasteiger charge is -2.39. The lowest BCUT2D eigenvalue weighted by Crippen LogP contribution is -2.47. The van der Waals surface area contributed by atoms with E-state index in [1.54, 1.807) is 29.2 Å². The molecule has 0 unspecified atom stereocenters. The van der Waals surface area contributed by atoms with Gasteiger partial charge < -0.3 is 9.64 Å². The average Bonchev–Trinajstić information content (AvgIpc) is 3.92. The first-order valence-electron chi connectivity index (χ1n) is 21.1. The van der Waals surface area contributed by atoms with Gasteiger partial charge in [-0.15, -0.1) is 16.7 Å². The highest BCUT2D eigenvalue weighted by atomic mass is 35.5. The highest BCUT2D eigenvalue weighted by Crippen LogP contribution is 2.43. The van der Waals surface area contributed by atoms with Gasteiger partial charge in [0.2, 0.25) is 0 Å². The number of hydrogen-bond acceptors (Lipinski definition) is 11. The van der Waals surface area contributed by atoms with E-state index < -0.39 is 15.9 Å². The normalized spacial score (nSPS) is 17.8. The molecule has 0 radical (unpaired) electrons. The van der Waals surface area contributed by atoms with Crippen LogP contribution in [0.4, 0.5) is 11.4 Å². The van der Waals surface area contributed by atoms with Crippen LogP contribution in [0.25, 0.3) is 33.3 Å². The summed E-state index contributed by atoms with van der Waals surface area (Å²) in [5.41, 5.74) is 7.82. The number of amides is 1. The summed E-state index contributed by atoms with van der Waals surface area (Å²) in [6, 6.07) is 21.7. The Morgan fingerprint density at radius 3 is 2.58 bits per heavy atom. The molecular weight excluding hydrogens is 844 g/mol. The number of H-pyrrole nitrogens is 1. The number of ether oxygens (including phenoxy) is 1. The van der Waals surface area contributed by atoms with Gasteiger partial charge >= 0.3 is 0 Å². The van der Waals surface area contributed by atoms with E-state index in [1.165, 1.54) is 40.6 Å². The topological polar surface area (TPSA) is 155 Å². The summed E-state index contributed by atoms with van der Waals surface area (Å²) >= 11 is 7.73. The third-order valence-electron chi connectivity index (χ3n) is 12.4. The highest BCUT2D eigenvalue weighted by Gasteiger charge is 2.30. The van der Waals surface area contributed by atoms with Gasteiger partial charge in [0.05, 0.1) is 21.7 Å². The predicted molar refractivity (Wildman–Crippen MR) is 246 cm³/mol. The number of pyridine rings is 1. The largest absolute Gasteiger partial charge is 0.381 e. The Balaban J connectivity index is 0.970. The molecule has 13 nitrogen and oxygen atoms in total. The fourth-order valence-corrected chi connectivity index (χ4v) is 11.1. The van der Waals surface area contributed by atoms with Crippen molar-refractivity contribution in [3.63, 3.8) is 0 Å². The van der Waals surface area contributed by atoms with E-state index in [9.17, 15) is 18.1 Å². The van der Waals surface area contributed by atoms with Crippen molar-refractivity contribution in [3.05, 3.63) is 112 Å². The summed E-state index contributed by atoms with van der Waals surface area (Å²) in [7, 11) is -4.41. The maximum absolute atomic E-state index is 14.2. The Morgan fingerprint density at radius 2 is 1.81 bits per heavy atom. The van der Waals surface area contributed by atoms with Crippen LogP contribution in [0, 0.1) is 16.2 Å². The van der Waals surface area contributed by atoms with Gasteiger partial charge in [-0.3, -0.25) is 19.5 Å². The van der Waals surface area contributed by atoms with E-state index in [0.29, 0.717) is 46.4 Å². The first kappa shape index (κ1) is 42.3.